The quantitative estimate of drug-likeness (QED) is 0.172. The summed E-state index contributed by atoms with van der Waals surface area (Å²) in [5, 5.41) is 14.5. The molecule has 0 unspecified atom stereocenters. The lowest BCUT2D eigenvalue weighted by atomic mass is 9.81. The fourth-order valence-electron chi connectivity index (χ4n) is 8.51. The summed E-state index contributed by atoms with van der Waals surface area (Å²) >= 11 is 0. The van der Waals surface area contributed by atoms with E-state index in [1.807, 2.05) is 12.1 Å². The Kier molecular flexibility index (Phi) is 8.10. The first-order chi connectivity index (χ1) is 26.6. The standard InChI is InChI=1S/C52H43N3/c1-51(2,3)37-24-28-40(29-25-37)54(39-26-22-35(34-53)23-27-39)41-30-31-45-46(32-41)52(4,5)47-33-49(43-19-11-12-20-44(43)50(45)47)55(38-16-7-6-8-17-38)48-21-13-15-36-14-9-10-18-42(36)48/h6-33H,1-5H3. The van der Waals surface area contributed by atoms with Gasteiger partial charge in [-0.25, -0.2) is 0 Å². The van der Waals surface area contributed by atoms with E-state index in [0.717, 1.165) is 34.1 Å². The van der Waals surface area contributed by atoms with Crippen LogP contribution in [0.15, 0.2) is 170 Å². The molecule has 0 fully saturated rings. The van der Waals surface area contributed by atoms with Gasteiger partial charge in [-0.3, -0.25) is 0 Å². The third-order valence-corrected chi connectivity index (χ3v) is 11.4. The summed E-state index contributed by atoms with van der Waals surface area (Å²) in [5.74, 6) is 0. The molecule has 266 valence electrons. The second-order valence-electron chi connectivity index (χ2n) is 16.2. The molecule has 0 aromatic heterocycles. The molecule has 3 nitrogen and oxygen atoms in total. The fraction of sp³-hybridized carbons (Fsp3) is 0.135. The van der Waals surface area contributed by atoms with Crippen LogP contribution in [-0.2, 0) is 10.8 Å². The van der Waals surface area contributed by atoms with Gasteiger partial charge in [-0.05, 0) is 117 Å². The molecule has 0 atom stereocenters. The van der Waals surface area contributed by atoms with Crippen LogP contribution < -0.4 is 9.80 Å². The maximum Gasteiger partial charge on any atom is 0.0991 e. The summed E-state index contributed by atoms with van der Waals surface area (Å²) in [6.45, 7) is 11.5. The minimum atomic E-state index is -0.299. The summed E-state index contributed by atoms with van der Waals surface area (Å²) in [7, 11) is 0. The van der Waals surface area contributed by atoms with E-state index in [-0.39, 0.29) is 10.8 Å². The number of anilines is 6. The van der Waals surface area contributed by atoms with Gasteiger partial charge in [-0.15, -0.1) is 0 Å². The summed E-state index contributed by atoms with van der Waals surface area (Å²) < 4.78 is 0. The molecule has 8 aromatic rings. The highest BCUT2D eigenvalue weighted by atomic mass is 15.1. The first kappa shape index (κ1) is 34.2. The van der Waals surface area contributed by atoms with E-state index in [1.54, 1.807) is 0 Å². The highest BCUT2D eigenvalue weighted by Gasteiger charge is 2.38. The van der Waals surface area contributed by atoms with Crippen molar-refractivity contribution in [2.24, 2.45) is 0 Å². The highest BCUT2D eigenvalue weighted by Crippen LogP contribution is 2.56. The Morgan fingerprint density at radius 1 is 0.491 bits per heavy atom. The third-order valence-electron chi connectivity index (χ3n) is 11.4. The number of hydrogen-bond acceptors (Lipinski definition) is 3. The van der Waals surface area contributed by atoms with E-state index in [1.165, 1.54) is 49.4 Å². The number of benzene rings is 8. The molecule has 0 heterocycles. The molecular weight excluding hydrogens is 667 g/mol. The monoisotopic (exact) mass is 709 g/mol. The van der Waals surface area contributed by atoms with E-state index in [9.17, 15) is 5.26 Å². The molecule has 0 N–H and O–H groups in total. The molecule has 0 aliphatic heterocycles. The average Bonchev–Trinajstić information content (AvgIpc) is 3.44. The molecule has 9 rings (SSSR count). The fourth-order valence-corrected chi connectivity index (χ4v) is 8.51. The molecule has 1 aliphatic carbocycles. The van der Waals surface area contributed by atoms with Gasteiger partial charge < -0.3 is 9.80 Å². The smallest absolute Gasteiger partial charge is 0.0991 e. The van der Waals surface area contributed by atoms with Crippen molar-refractivity contribution in [2.45, 2.75) is 45.4 Å². The third kappa shape index (κ3) is 5.74. The highest BCUT2D eigenvalue weighted by molar-refractivity contribution is 6.11. The zero-order valence-corrected chi connectivity index (χ0v) is 32.0. The van der Waals surface area contributed by atoms with Crippen LogP contribution in [0.2, 0.25) is 0 Å². The number of hydrogen-bond donors (Lipinski definition) is 0. The predicted octanol–water partition coefficient (Wildman–Crippen LogP) is 14.4. The maximum atomic E-state index is 9.60. The summed E-state index contributed by atoms with van der Waals surface area (Å²) in [6, 6.07) is 63.5. The van der Waals surface area contributed by atoms with Crippen LogP contribution in [0.25, 0.3) is 32.7 Å². The lowest BCUT2D eigenvalue weighted by molar-refractivity contribution is 0.590. The first-order valence-corrected chi connectivity index (χ1v) is 19.1. The molecule has 8 aromatic carbocycles. The number of nitrogens with zero attached hydrogens (tertiary/aromatic N) is 3. The summed E-state index contributed by atoms with van der Waals surface area (Å²) in [6.07, 6.45) is 0. The van der Waals surface area contributed by atoms with E-state index < -0.39 is 0 Å². The first-order valence-electron chi connectivity index (χ1n) is 19.1. The normalized spacial score (nSPS) is 12.9. The molecule has 0 amide bonds. The zero-order valence-electron chi connectivity index (χ0n) is 32.0. The molecule has 0 spiro atoms. The van der Waals surface area contributed by atoms with Gasteiger partial charge in [-0.1, -0.05) is 132 Å². The largest absolute Gasteiger partial charge is 0.310 e. The Bertz CT molecular complexity index is 2760. The lowest BCUT2D eigenvalue weighted by Gasteiger charge is -2.31. The van der Waals surface area contributed by atoms with E-state index in [4.69, 9.17) is 0 Å². The second kappa shape index (κ2) is 13.0. The Hall–Kier alpha value is -6.63. The van der Waals surface area contributed by atoms with E-state index in [2.05, 4.69) is 208 Å². The maximum absolute atomic E-state index is 9.60. The van der Waals surface area contributed by atoms with E-state index >= 15 is 0 Å². The van der Waals surface area contributed by atoms with Crippen molar-refractivity contribution >= 4 is 55.7 Å². The summed E-state index contributed by atoms with van der Waals surface area (Å²) in [4.78, 5) is 4.76. The van der Waals surface area contributed by atoms with Crippen LogP contribution in [0.4, 0.5) is 34.1 Å². The average molecular weight is 710 g/mol. The second-order valence-corrected chi connectivity index (χ2v) is 16.2. The Morgan fingerprint density at radius 3 is 1.76 bits per heavy atom. The van der Waals surface area contributed by atoms with Crippen molar-refractivity contribution in [1.82, 2.24) is 0 Å². The minimum absolute atomic E-state index is 0.0481. The SMILES string of the molecule is CC(C)(C)c1ccc(N(c2ccc(C#N)cc2)c2ccc3c(c2)C(C)(C)c2cc(N(c4ccccc4)c4cccc5ccccc45)c4ccccc4c2-3)cc1. The van der Waals surface area contributed by atoms with Crippen LogP contribution >= 0.6 is 0 Å². The predicted molar refractivity (Wildman–Crippen MR) is 232 cm³/mol. The molecule has 0 bridgehead atoms. The van der Waals surface area contributed by atoms with Crippen molar-refractivity contribution < 1.29 is 0 Å². The van der Waals surface area contributed by atoms with Gasteiger partial charge >= 0.3 is 0 Å². The van der Waals surface area contributed by atoms with Gasteiger partial charge in [0.15, 0.2) is 0 Å². The number of rotatable bonds is 6. The Morgan fingerprint density at radius 2 is 1.07 bits per heavy atom. The minimum Gasteiger partial charge on any atom is -0.310 e. The zero-order chi connectivity index (χ0) is 37.9. The number of para-hydroxylation sites is 1. The van der Waals surface area contributed by atoms with Crippen molar-refractivity contribution in [1.29, 1.82) is 5.26 Å². The van der Waals surface area contributed by atoms with Crippen molar-refractivity contribution in [3.63, 3.8) is 0 Å². The number of fused-ring (bicyclic) bond motifs is 6. The molecular formula is C52H43N3. The van der Waals surface area contributed by atoms with Gasteiger partial charge in [-0.2, -0.15) is 5.26 Å². The van der Waals surface area contributed by atoms with Crippen molar-refractivity contribution in [3.8, 4) is 17.2 Å². The lowest BCUT2D eigenvalue weighted by Crippen LogP contribution is -2.18. The van der Waals surface area contributed by atoms with Gasteiger partial charge in [0.2, 0.25) is 0 Å². The van der Waals surface area contributed by atoms with Crippen LogP contribution in [0.5, 0.6) is 0 Å². The van der Waals surface area contributed by atoms with Gasteiger partial charge in [0.25, 0.3) is 0 Å². The van der Waals surface area contributed by atoms with Crippen LogP contribution in [-0.4, -0.2) is 0 Å². The van der Waals surface area contributed by atoms with Gasteiger partial charge in [0, 0.05) is 38.9 Å². The molecule has 0 saturated carbocycles. The van der Waals surface area contributed by atoms with Crippen molar-refractivity contribution in [3.05, 3.63) is 192 Å². The van der Waals surface area contributed by atoms with Crippen molar-refractivity contribution in [2.75, 3.05) is 9.80 Å². The molecule has 0 radical (unpaired) electrons. The summed E-state index contributed by atoms with van der Waals surface area (Å²) in [5.41, 5.74) is 13.5. The van der Waals surface area contributed by atoms with Gasteiger partial charge in [0.05, 0.1) is 23.0 Å². The topological polar surface area (TPSA) is 30.3 Å². The number of nitriles is 1. The van der Waals surface area contributed by atoms with Crippen LogP contribution in [0.3, 0.4) is 0 Å². The van der Waals surface area contributed by atoms with Crippen LogP contribution in [0, 0.1) is 11.3 Å². The van der Waals surface area contributed by atoms with E-state index in [0.29, 0.717) is 5.56 Å². The molecule has 0 saturated heterocycles. The van der Waals surface area contributed by atoms with Gasteiger partial charge in [0.1, 0.15) is 0 Å². The van der Waals surface area contributed by atoms with Crippen LogP contribution in [0.1, 0.15) is 56.9 Å². The molecule has 3 heteroatoms. The Balaban J connectivity index is 1.24. The molecule has 1 aliphatic rings. The molecule has 55 heavy (non-hydrogen) atoms. The Labute approximate surface area is 324 Å².